The number of nitrogens with zero attached hydrogens (tertiary/aromatic N) is 2. The van der Waals surface area contributed by atoms with Crippen molar-refractivity contribution in [2.75, 3.05) is 20.2 Å². The van der Waals surface area contributed by atoms with Gasteiger partial charge in [-0.3, -0.25) is 4.90 Å². The molecule has 112 valence electrons. The van der Waals surface area contributed by atoms with Gasteiger partial charge in [0.2, 0.25) is 5.88 Å². The van der Waals surface area contributed by atoms with Crippen LogP contribution in [0.25, 0.3) is 10.9 Å². The minimum Gasteiger partial charge on any atom is -0.479 e. The summed E-state index contributed by atoms with van der Waals surface area (Å²) in [5.74, 6) is 1.43. The maximum Gasteiger partial charge on any atom is 0.238 e. The number of rotatable bonds is 4. The number of H-pyrrole nitrogens is 1. The topological polar surface area (TPSA) is 41.1 Å². The van der Waals surface area contributed by atoms with E-state index in [9.17, 15) is 0 Å². The first-order valence-electron chi connectivity index (χ1n) is 8.12. The molecule has 4 heteroatoms. The number of hydrogen-bond acceptors (Lipinski definition) is 3. The van der Waals surface area contributed by atoms with Crippen LogP contribution in [0.5, 0.6) is 5.88 Å². The summed E-state index contributed by atoms with van der Waals surface area (Å²) in [4.78, 5) is 10.5. The molecule has 0 amide bonds. The number of aromatic nitrogens is 2. The molecule has 0 unspecified atom stereocenters. The molecule has 0 radical (unpaired) electrons. The lowest BCUT2D eigenvalue weighted by Crippen LogP contribution is -2.29. The lowest BCUT2D eigenvalue weighted by Gasteiger charge is -2.26. The van der Waals surface area contributed by atoms with Gasteiger partial charge in [0.15, 0.2) is 0 Å². The molecule has 3 heterocycles. The molecule has 1 saturated heterocycles. The highest BCUT2D eigenvalue weighted by Gasteiger charge is 2.28. The van der Waals surface area contributed by atoms with Crippen molar-refractivity contribution in [2.45, 2.75) is 44.6 Å². The number of piperidine rings is 1. The fraction of sp³-hybridized carbons (Fsp3) is 0.588. The number of pyridine rings is 1. The van der Waals surface area contributed by atoms with E-state index in [0.29, 0.717) is 5.92 Å². The first kappa shape index (κ1) is 13.1. The van der Waals surface area contributed by atoms with Crippen molar-refractivity contribution in [3.63, 3.8) is 0 Å². The Morgan fingerprint density at radius 3 is 2.81 bits per heavy atom. The lowest BCUT2D eigenvalue weighted by atomic mass is 10.0. The van der Waals surface area contributed by atoms with Crippen LogP contribution in [0.15, 0.2) is 12.4 Å². The van der Waals surface area contributed by atoms with Crippen molar-refractivity contribution >= 4 is 10.9 Å². The maximum atomic E-state index is 5.43. The van der Waals surface area contributed by atoms with Crippen LogP contribution in [-0.2, 0) is 6.54 Å². The molecule has 2 aromatic rings. The maximum absolute atomic E-state index is 5.43. The zero-order chi connectivity index (χ0) is 14.2. The minimum atomic E-state index is 0.710. The van der Waals surface area contributed by atoms with E-state index in [0.717, 1.165) is 17.9 Å². The Balaban J connectivity index is 1.73. The van der Waals surface area contributed by atoms with Gasteiger partial charge in [0.05, 0.1) is 7.11 Å². The van der Waals surface area contributed by atoms with E-state index < -0.39 is 0 Å². The van der Waals surface area contributed by atoms with Crippen LogP contribution < -0.4 is 4.74 Å². The van der Waals surface area contributed by atoms with Gasteiger partial charge in [0.1, 0.15) is 5.52 Å². The summed E-state index contributed by atoms with van der Waals surface area (Å²) >= 11 is 0. The number of methoxy groups -OCH3 is 1. The number of fused-ring (bicyclic) bond motifs is 1. The van der Waals surface area contributed by atoms with Crippen molar-refractivity contribution in [1.29, 1.82) is 0 Å². The van der Waals surface area contributed by atoms with Gasteiger partial charge >= 0.3 is 0 Å². The van der Waals surface area contributed by atoms with E-state index >= 15 is 0 Å². The molecule has 0 bridgehead atoms. The normalized spacial score (nSPS) is 20.0. The van der Waals surface area contributed by atoms with Crippen molar-refractivity contribution in [1.82, 2.24) is 14.9 Å². The smallest absolute Gasteiger partial charge is 0.238 e. The number of aromatic amines is 1. The molecule has 2 aromatic heterocycles. The van der Waals surface area contributed by atoms with Gasteiger partial charge in [0, 0.05) is 24.3 Å². The highest BCUT2D eigenvalue weighted by atomic mass is 16.5. The molecule has 2 fully saturated rings. The highest BCUT2D eigenvalue weighted by Crippen LogP contribution is 2.45. The van der Waals surface area contributed by atoms with Crippen molar-refractivity contribution in [3.8, 4) is 5.88 Å². The van der Waals surface area contributed by atoms with E-state index in [1.165, 1.54) is 61.7 Å². The molecule has 21 heavy (non-hydrogen) atoms. The van der Waals surface area contributed by atoms with Crippen LogP contribution >= 0.6 is 0 Å². The van der Waals surface area contributed by atoms with Crippen LogP contribution in [-0.4, -0.2) is 35.1 Å². The molecule has 1 aliphatic heterocycles. The Hall–Kier alpha value is -1.55. The quantitative estimate of drug-likeness (QED) is 0.935. The first-order valence-corrected chi connectivity index (χ1v) is 8.12. The van der Waals surface area contributed by atoms with Gasteiger partial charge < -0.3 is 9.72 Å². The van der Waals surface area contributed by atoms with E-state index in [4.69, 9.17) is 4.74 Å². The van der Waals surface area contributed by atoms with Gasteiger partial charge in [-0.1, -0.05) is 6.42 Å². The third-order valence-corrected chi connectivity index (χ3v) is 4.84. The largest absolute Gasteiger partial charge is 0.479 e. The van der Waals surface area contributed by atoms with Gasteiger partial charge in [-0.2, -0.15) is 0 Å². The second-order valence-corrected chi connectivity index (χ2v) is 6.40. The van der Waals surface area contributed by atoms with Gasteiger partial charge in [-0.05, 0) is 55.8 Å². The predicted molar refractivity (Wildman–Crippen MR) is 83.7 cm³/mol. The Morgan fingerprint density at radius 1 is 1.29 bits per heavy atom. The molecule has 1 aliphatic carbocycles. The fourth-order valence-electron chi connectivity index (χ4n) is 3.56. The third-order valence-electron chi connectivity index (χ3n) is 4.84. The molecule has 1 N–H and O–H groups in total. The van der Waals surface area contributed by atoms with Gasteiger partial charge in [-0.25, -0.2) is 4.98 Å². The standard InChI is InChI=1S/C17H23N3O/c1-21-17-16-15(14(10-19-17)12-5-6-12)13(9-18-16)11-20-7-3-2-4-8-20/h9-10,12,18H,2-8,11H2,1H3. The van der Waals surface area contributed by atoms with Crippen LogP contribution in [0.4, 0.5) is 0 Å². The zero-order valence-corrected chi connectivity index (χ0v) is 12.7. The molecule has 0 aromatic carbocycles. The molecule has 4 rings (SSSR count). The zero-order valence-electron chi connectivity index (χ0n) is 12.7. The third kappa shape index (κ3) is 2.42. The van der Waals surface area contributed by atoms with Crippen LogP contribution in [0.3, 0.4) is 0 Å². The summed E-state index contributed by atoms with van der Waals surface area (Å²) < 4.78 is 5.43. The lowest BCUT2D eigenvalue weighted by molar-refractivity contribution is 0.221. The van der Waals surface area contributed by atoms with Crippen molar-refractivity contribution in [3.05, 3.63) is 23.5 Å². The molecule has 0 spiro atoms. The fourth-order valence-corrected chi connectivity index (χ4v) is 3.56. The second kappa shape index (κ2) is 5.34. The number of ether oxygens (including phenoxy) is 1. The number of hydrogen-bond donors (Lipinski definition) is 1. The first-order chi connectivity index (χ1) is 10.4. The Kier molecular flexibility index (Phi) is 3.34. The average Bonchev–Trinajstić information content (AvgIpc) is 3.29. The Labute approximate surface area is 125 Å². The SMILES string of the molecule is COc1ncc(C2CC2)c2c(CN3CCCCC3)c[nH]c12. The van der Waals surface area contributed by atoms with E-state index in [1.54, 1.807) is 7.11 Å². The molecule has 4 nitrogen and oxygen atoms in total. The number of likely N-dealkylation sites (tertiary alicyclic amines) is 1. The van der Waals surface area contributed by atoms with E-state index in [1.807, 2.05) is 6.20 Å². The van der Waals surface area contributed by atoms with E-state index in [2.05, 4.69) is 21.1 Å². The summed E-state index contributed by atoms with van der Waals surface area (Å²) in [6.07, 6.45) is 10.9. The highest BCUT2D eigenvalue weighted by molar-refractivity contribution is 5.90. The molecule has 1 saturated carbocycles. The number of nitrogens with one attached hydrogen (secondary N) is 1. The minimum absolute atomic E-state index is 0.710. The summed E-state index contributed by atoms with van der Waals surface area (Å²) in [7, 11) is 1.70. The molecular weight excluding hydrogens is 262 g/mol. The van der Waals surface area contributed by atoms with Gasteiger partial charge in [-0.15, -0.1) is 0 Å². The van der Waals surface area contributed by atoms with Crippen LogP contribution in [0, 0.1) is 0 Å². The monoisotopic (exact) mass is 285 g/mol. The van der Waals surface area contributed by atoms with Crippen LogP contribution in [0.1, 0.15) is 49.1 Å². The second-order valence-electron chi connectivity index (χ2n) is 6.40. The Bertz CT molecular complexity index is 639. The summed E-state index contributed by atoms with van der Waals surface area (Å²) in [5.41, 5.74) is 3.91. The van der Waals surface area contributed by atoms with E-state index in [-0.39, 0.29) is 0 Å². The van der Waals surface area contributed by atoms with Gasteiger partial charge in [0.25, 0.3) is 0 Å². The molecular formula is C17H23N3O. The summed E-state index contributed by atoms with van der Waals surface area (Å²) in [6.45, 7) is 3.51. The Morgan fingerprint density at radius 2 is 2.10 bits per heavy atom. The average molecular weight is 285 g/mol. The molecule has 0 atom stereocenters. The van der Waals surface area contributed by atoms with Crippen molar-refractivity contribution in [2.24, 2.45) is 0 Å². The molecule has 2 aliphatic rings. The summed E-state index contributed by atoms with van der Waals surface area (Å²) in [6, 6.07) is 0. The predicted octanol–water partition coefficient (Wildman–Crippen LogP) is 3.43. The summed E-state index contributed by atoms with van der Waals surface area (Å²) in [5, 5.41) is 1.37. The van der Waals surface area contributed by atoms with Crippen molar-refractivity contribution < 1.29 is 4.74 Å². The van der Waals surface area contributed by atoms with Crippen LogP contribution in [0.2, 0.25) is 0 Å².